The van der Waals surface area contributed by atoms with Crippen molar-refractivity contribution >= 4 is 0 Å². The van der Waals surface area contributed by atoms with Crippen LogP contribution in [0.3, 0.4) is 0 Å². The topological polar surface area (TPSA) is 0 Å². The van der Waals surface area contributed by atoms with Crippen LogP contribution in [0.1, 0.15) is 12.0 Å². The number of hydrogen-bond donors (Lipinski definition) is 0. The third-order valence-electron chi connectivity index (χ3n) is 1.45. The molecule has 1 aliphatic rings. The van der Waals surface area contributed by atoms with Gasteiger partial charge in [-0.25, -0.2) is 12.2 Å². The minimum absolute atomic E-state index is 0. The van der Waals surface area contributed by atoms with E-state index in [1.54, 1.807) is 0 Å². The zero-order chi connectivity index (χ0) is 8.65. The molecule has 0 radical (unpaired) electrons. The normalized spacial score (nSPS) is 11.5. The second kappa shape index (κ2) is 8.03. The van der Waals surface area contributed by atoms with Gasteiger partial charge in [-0.15, -0.1) is 6.42 Å². The molecule has 0 amide bonds. The average molecular weight is 204 g/mol. The average Bonchev–Trinajstić information content (AvgIpc) is 2.62. The minimum atomic E-state index is 0. The van der Waals surface area contributed by atoms with E-state index in [1.807, 2.05) is 43.3 Å². The fraction of sp³-hybridized carbons (Fsp3) is 0.167. The van der Waals surface area contributed by atoms with Gasteiger partial charge in [0.25, 0.3) is 0 Å². The van der Waals surface area contributed by atoms with E-state index in [-0.39, 0.29) is 21.7 Å². The molecule has 0 saturated carbocycles. The number of hydrogen-bond acceptors (Lipinski definition) is 0. The van der Waals surface area contributed by atoms with Crippen LogP contribution < -0.4 is 0 Å². The Morgan fingerprint density at radius 3 is 2.38 bits per heavy atom. The molecule has 1 aromatic rings. The van der Waals surface area contributed by atoms with Crippen molar-refractivity contribution in [2.75, 3.05) is 0 Å². The van der Waals surface area contributed by atoms with Crippen LogP contribution >= 0.6 is 0 Å². The van der Waals surface area contributed by atoms with Crippen molar-refractivity contribution in [1.82, 2.24) is 0 Å². The zero-order valence-electron chi connectivity index (χ0n) is 7.75. The van der Waals surface area contributed by atoms with Gasteiger partial charge in [-0.3, -0.25) is 6.08 Å². The van der Waals surface area contributed by atoms with Crippen LogP contribution in [0.5, 0.6) is 0 Å². The fourth-order valence-corrected chi connectivity index (χ4v) is 0.823. The molecule has 1 aromatic carbocycles. The third-order valence-corrected chi connectivity index (χ3v) is 1.45. The van der Waals surface area contributed by atoms with Crippen LogP contribution in [0.4, 0.5) is 0 Å². The molecule has 13 heavy (non-hydrogen) atoms. The molecule has 0 heterocycles. The molecule has 0 fully saturated rings. The van der Waals surface area contributed by atoms with E-state index in [4.69, 9.17) is 0 Å². The summed E-state index contributed by atoms with van der Waals surface area (Å²) in [5, 5.41) is 0. The summed E-state index contributed by atoms with van der Waals surface area (Å²) in [6.07, 6.45) is 10.0. The summed E-state index contributed by atoms with van der Waals surface area (Å²) in [6.45, 7) is 2.03. The van der Waals surface area contributed by atoms with Gasteiger partial charge in [0.2, 0.25) is 0 Å². The summed E-state index contributed by atoms with van der Waals surface area (Å²) < 4.78 is 0. The van der Waals surface area contributed by atoms with Crippen LogP contribution in [0.15, 0.2) is 42.5 Å². The van der Waals surface area contributed by atoms with E-state index in [0.717, 1.165) is 6.42 Å². The standard InChI is InChI=1S/C7H7.C5H5.Ti/c1-7-5-3-2-4-6-7;1-2-4-5-3-1;/h2-5H,1H3;1-3H,4H2;/q2*-1;+2. The van der Waals surface area contributed by atoms with Gasteiger partial charge in [0.05, 0.1) is 0 Å². The van der Waals surface area contributed by atoms with Crippen molar-refractivity contribution in [1.29, 1.82) is 0 Å². The zero-order valence-corrected chi connectivity index (χ0v) is 9.31. The molecule has 0 aliphatic heterocycles. The molecule has 0 spiro atoms. The molecule has 0 unspecified atom stereocenters. The van der Waals surface area contributed by atoms with Gasteiger partial charge in [0.1, 0.15) is 0 Å². The third kappa shape index (κ3) is 6.56. The summed E-state index contributed by atoms with van der Waals surface area (Å²) in [5.74, 6) is 0. The molecule has 2 rings (SSSR count). The van der Waals surface area contributed by atoms with Gasteiger partial charge in [-0.05, 0) is 0 Å². The van der Waals surface area contributed by atoms with Crippen molar-refractivity contribution in [3.05, 3.63) is 60.2 Å². The maximum absolute atomic E-state index is 3.03. The number of benzene rings is 1. The summed E-state index contributed by atoms with van der Waals surface area (Å²) in [7, 11) is 0. The SMILES string of the molecule is Cc1[c-]cccc1.[C-]1=CC=CC1.[Ti+2]. The fourth-order valence-electron chi connectivity index (χ4n) is 0.823. The second-order valence-corrected chi connectivity index (χ2v) is 2.55. The Morgan fingerprint density at radius 1 is 1.31 bits per heavy atom. The Morgan fingerprint density at radius 2 is 2.15 bits per heavy atom. The molecule has 0 nitrogen and oxygen atoms in total. The van der Waals surface area contributed by atoms with E-state index < -0.39 is 0 Å². The van der Waals surface area contributed by atoms with E-state index >= 15 is 0 Å². The van der Waals surface area contributed by atoms with Crippen molar-refractivity contribution in [3.63, 3.8) is 0 Å². The Hall–Kier alpha value is -0.586. The summed E-state index contributed by atoms with van der Waals surface area (Å²) >= 11 is 0. The van der Waals surface area contributed by atoms with Gasteiger partial charge in [0.15, 0.2) is 0 Å². The largest absolute Gasteiger partial charge is 2.00 e. The molecule has 1 heteroatoms. The first-order chi connectivity index (χ1) is 5.89. The molecule has 1 aliphatic carbocycles. The van der Waals surface area contributed by atoms with Crippen molar-refractivity contribution < 1.29 is 21.7 Å². The molecule has 0 aromatic heterocycles. The van der Waals surface area contributed by atoms with Gasteiger partial charge >= 0.3 is 21.7 Å². The van der Waals surface area contributed by atoms with Crippen LogP contribution in [0, 0.1) is 19.1 Å². The Bertz CT molecular complexity index is 250. The van der Waals surface area contributed by atoms with Crippen LogP contribution in [0.25, 0.3) is 0 Å². The quantitative estimate of drug-likeness (QED) is 0.450. The first kappa shape index (κ1) is 12.4. The first-order valence-corrected chi connectivity index (χ1v) is 4.04. The van der Waals surface area contributed by atoms with E-state index in [1.165, 1.54) is 5.56 Å². The molecule has 64 valence electrons. The Labute approximate surface area is 95.2 Å². The van der Waals surface area contributed by atoms with Gasteiger partial charge in [0, 0.05) is 0 Å². The van der Waals surface area contributed by atoms with Crippen molar-refractivity contribution in [2.45, 2.75) is 13.3 Å². The van der Waals surface area contributed by atoms with Crippen LogP contribution in [-0.4, -0.2) is 0 Å². The van der Waals surface area contributed by atoms with Crippen molar-refractivity contribution in [2.24, 2.45) is 0 Å². The monoisotopic (exact) mass is 204 g/mol. The number of rotatable bonds is 0. The predicted molar refractivity (Wildman–Crippen MR) is 51.6 cm³/mol. The van der Waals surface area contributed by atoms with Crippen molar-refractivity contribution in [3.8, 4) is 0 Å². The van der Waals surface area contributed by atoms with Crippen LogP contribution in [-0.2, 0) is 21.7 Å². The minimum Gasteiger partial charge on any atom is -0.273 e. The van der Waals surface area contributed by atoms with E-state index in [9.17, 15) is 0 Å². The summed E-state index contributed by atoms with van der Waals surface area (Å²) in [6, 6.07) is 10.9. The molecular weight excluding hydrogens is 192 g/mol. The number of aryl methyl sites for hydroxylation is 1. The smallest absolute Gasteiger partial charge is 0.273 e. The second-order valence-electron chi connectivity index (χ2n) is 2.55. The van der Waals surface area contributed by atoms with E-state index in [2.05, 4.69) is 18.2 Å². The van der Waals surface area contributed by atoms with Gasteiger partial charge < -0.3 is 0 Å². The molecule has 0 bridgehead atoms. The van der Waals surface area contributed by atoms with E-state index in [0.29, 0.717) is 0 Å². The van der Waals surface area contributed by atoms with Gasteiger partial charge in [-0.1, -0.05) is 6.92 Å². The Balaban J connectivity index is 0.000000215. The van der Waals surface area contributed by atoms with Crippen LogP contribution in [0.2, 0.25) is 0 Å². The molecule has 0 saturated heterocycles. The van der Waals surface area contributed by atoms with Gasteiger partial charge in [-0.2, -0.15) is 42.0 Å². The summed E-state index contributed by atoms with van der Waals surface area (Å²) in [5.41, 5.74) is 1.20. The predicted octanol–water partition coefficient (Wildman–Crippen LogP) is 3.10. The molecule has 0 atom stereocenters. The number of allylic oxidation sites excluding steroid dienone is 4. The molecular formula is C12H12Ti. The summed E-state index contributed by atoms with van der Waals surface area (Å²) in [4.78, 5) is 0. The Kier molecular flexibility index (Phi) is 7.67. The maximum atomic E-state index is 3.03. The molecule has 0 N–H and O–H groups in total. The first-order valence-electron chi connectivity index (χ1n) is 4.04. The maximum Gasteiger partial charge on any atom is 2.00 e.